The number of esters is 1. The molecule has 0 saturated heterocycles. The van der Waals surface area contributed by atoms with Gasteiger partial charge < -0.3 is 4.74 Å². The number of carbonyl (C=O) groups is 1. The van der Waals surface area contributed by atoms with E-state index in [1.165, 1.54) is 4.68 Å². The Morgan fingerprint density at radius 1 is 1.35 bits per heavy atom. The molecule has 7 heteroatoms. The highest BCUT2D eigenvalue weighted by Crippen LogP contribution is 2.28. The predicted molar refractivity (Wildman–Crippen MR) is 73.6 cm³/mol. The molecular weight excluding hydrogens is 262 g/mol. The summed E-state index contributed by atoms with van der Waals surface area (Å²) in [4.78, 5) is 22.8. The second-order valence-corrected chi connectivity index (χ2v) is 4.33. The lowest BCUT2D eigenvalue weighted by Gasteiger charge is -2.15. The SMILES string of the molecule is CCOC(=O)C(CC)n1nc(CC)c([N+](=O)[O-])c1CC. The number of nitrogens with zero attached hydrogens (tertiary/aromatic N) is 3. The van der Waals surface area contributed by atoms with E-state index >= 15 is 0 Å². The summed E-state index contributed by atoms with van der Waals surface area (Å²) in [5.41, 5.74) is 0.916. The minimum atomic E-state index is -0.608. The average Bonchev–Trinajstić information content (AvgIpc) is 2.78. The average molecular weight is 283 g/mol. The van der Waals surface area contributed by atoms with Crippen molar-refractivity contribution in [2.24, 2.45) is 0 Å². The Bertz CT molecular complexity index is 496. The first-order valence-corrected chi connectivity index (χ1v) is 6.92. The summed E-state index contributed by atoms with van der Waals surface area (Å²) in [7, 11) is 0. The van der Waals surface area contributed by atoms with Gasteiger partial charge in [-0.3, -0.25) is 10.1 Å². The van der Waals surface area contributed by atoms with Crippen LogP contribution < -0.4 is 0 Å². The van der Waals surface area contributed by atoms with E-state index < -0.39 is 16.9 Å². The molecule has 112 valence electrons. The van der Waals surface area contributed by atoms with Crippen LogP contribution in [0, 0.1) is 10.1 Å². The summed E-state index contributed by atoms with van der Waals surface area (Å²) >= 11 is 0. The molecule has 1 unspecified atom stereocenters. The van der Waals surface area contributed by atoms with Crippen LogP contribution in [0.15, 0.2) is 0 Å². The molecule has 0 aliphatic carbocycles. The van der Waals surface area contributed by atoms with Crippen LogP contribution in [-0.2, 0) is 22.4 Å². The minimum Gasteiger partial charge on any atom is -0.464 e. The normalized spacial score (nSPS) is 12.2. The first kappa shape index (κ1) is 16.1. The summed E-state index contributed by atoms with van der Waals surface area (Å²) < 4.78 is 6.49. The maximum Gasteiger partial charge on any atom is 0.330 e. The molecule has 7 nitrogen and oxygen atoms in total. The van der Waals surface area contributed by atoms with Crippen LogP contribution in [0.25, 0.3) is 0 Å². The highest BCUT2D eigenvalue weighted by Gasteiger charge is 2.31. The molecule has 20 heavy (non-hydrogen) atoms. The fourth-order valence-electron chi connectivity index (χ4n) is 2.23. The molecule has 0 radical (unpaired) electrons. The van der Waals surface area contributed by atoms with Gasteiger partial charge in [0.25, 0.3) is 0 Å². The highest BCUT2D eigenvalue weighted by atomic mass is 16.6. The van der Waals surface area contributed by atoms with Crippen molar-refractivity contribution in [1.82, 2.24) is 9.78 Å². The van der Waals surface area contributed by atoms with Gasteiger partial charge in [-0.1, -0.05) is 20.8 Å². The minimum absolute atomic E-state index is 0.0257. The van der Waals surface area contributed by atoms with Crippen LogP contribution in [0.5, 0.6) is 0 Å². The topological polar surface area (TPSA) is 87.3 Å². The number of nitro groups is 1. The third kappa shape index (κ3) is 2.97. The molecule has 0 aliphatic heterocycles. The monoisotopic (exact) mass is 283 g/mol. The smallest absolute Gasteiger partial charge is 0.330 e. The van der Waals surface area contributed by atoms with Gasteiger partial charge >= 0.3 is 11.7 Å². The van der Waals surface area contributed by atoms with Gasteiger partial charge in [0.1, 0.15) is 17.4 Å². The zero-order chi connectivity index (χ0) is 15.3. The molecule has 0 amide bonds. The van der Waals surface area contributed by atoms with Crippen molar-refractivity contribution in [3.8, 4) is 0 Å². The summed E-state index contributed by atoms with van der Waals surface area (Å²) in [6.45, 7) is 7.47. The zero-order valence-corrected chi connectivity index (χ0v) is 12.4. The number of aromatic nitrogens is 2. The van der Waals surface area contributed by atoms with Gasteiger partial charge in [0.2, 0.25) is 0 Å². The number of ether oxygens (including phenoxy) is 1. The van der Waals surface area contributed by atoms with Crippen LogP contribution in [0.2, 0.25) is 0 Å². The fourth-order valence-corrected chi connectivity index (χ4v) is 2.23. The Hall–Kier alpha value is -1.92. The molecule has 1 atom stereocenters. The van der Waals surface area contributed by atoms with E-state index in [1.807, 2.05) is 20.8 Å². The third-order valence-corrected chi connectivity index (χ3v) is 3.14. The second kappa shape index (κ2) is 7.02. The molecule has 0 aliphatic rings. The van der Waals surface area contributed by atoms with Gasteiger partial charge in [-0.15, -0.1) is 0 Å². The number of hydrogen-bond donors (Lipinski definition) is 0. The molecule has 0 aromatic carbocycles. The molecule has 0 saturated carbocycles. The Kier molecular flexibility index (Phi) is 5.66. The Balaban J connectivity index is 3.35. The lowest BCUT2D eigenvalue weighted by atomic mass is 10.2. The fraction of sp³-hybridized carbons (Fsp3) is 0.692. The van der Waals surface area contributed by atoms with Crippen LogP contribution in [0.1, 0.15) is 51.5 Å². The van der Waals surface area contributed by atoms with E-state index in [0.29, 0.717) is 30.7 Å². The largest absolute Gasteiger partial charge is 0.464 e. The van der Waals surface area contributed by atoms with E-state index in [0.717, 1.165) is 0 Å². The summed E-state index contributed by atoms with van der Waals surface area (Å²) in [5, 5.41) is 15.5. The molecule has 0 bridgehead atoms. The van der Waals surface area contributed by atoms with Crippen LogP contribution in [0.4, 0.5) is 5.69 Å². The van der Waals surface area contributed by atoms with Gasteiger partial charge in [0.15, 0.2) is 0 Å². The summed E-state index contributed by atoms with van der Waals surface area (Å²) in [6, 6.07) is -0.608. The first-order valence-electron chi connectivity index (χ1n) is 6.92. The summed E-state index contributed by atoms with van der Waals surface area (Å²) in [5.74, 6) is -0.398. The van der Waals surface area contributed by atoms with Crippen LogP contribution in [0.3, 0.4) is 0 Å². The summed E-state index contributed by atoms with van der Waals surface area (Å²) in [6.07, 6.45) is 1.38. The van der Waals surface area contributed by atoms with Gasteiger partial charge in [-0.25, -0.2) is 9.48 Å². The number of rotatable bonds is 7. The Morgan fingerprint density at radius 2 is 2.00 bits per heavy atom. The van der Waals surface area contributed by atoms with Crippen molar-refractivity contribution >= 4 is 11.7 Å². The molecule has 0 N–H and O–H groups in total. The molecule has 0 fully saturated rings. The number of hydrogen-bond acceptors (Lipinski definition) is 5. The number of aryl methyl sites for hydroxylation is 1. The lowest BCUT2D eigenvalue weighted by Crippen LogP contribution is -2.24. The van der Waals surface area contributed by atoms with E-state index in [1.54, 1.807) is 6.92 Å². The Labute approximate surface area is 118 Å². The maximum atomic E-state index is 12.0. The van der Waals surface area contributed by atoms with Crippen LogP contribution >= 0.6 is 0 Å². The molecule has 1 aromatic rings. The van der Waals surface area contributed by atoms with Crippen molar-refractivity contribution in [1.29, 1.82) is 0 Å². The quantitative estimate of drug-likeness (QED) is 0.435. The van der Waals surface area contributed by atoms with Crippen molar-refractivity contribution in [3.63, 3.8) is 0 Å². The third-order valence-electron chi connectivity index (χ3n) is 3.14. The first-order chi connectivity index (χ1) is 9.51. The lowest BCUT2D eigenvalue weighted by molar-refractivity contribution is -0.386. The van der Waals surface area contributed by atoms with Crippen molar-refractivity contribution in [2.45, 2.75) is 53.0 Å². The van der Waals surface area contributed by atoms with E-state index in [9.17, 15) is 14.9 Å². The maximum absolute atomic E-state index is 12.0. The van der Waals surface area contributed by atoms with Crippen molar-refractivity contribution in [3.05, 3.63) is 21.5 Å². The van der Waals surface area contributed by atoms with Gasteiger partial charge in [0, 0.05) is 0 Å². The zero-order valence-electron chi connectivity index (χ0n) is 12.4. The van der Waals surface area contributed by atoms with Gasteiger partial charge in [-0.2, -0.15) is 5.10 Å². The molecule has 1 heterocycles. The van der Waals surface area contributed by atoms with Gasteiger partial charge in [-0.05, 0) is 26.2 Å². The van der Waals surface area contributed by atoms with Crippen molar-refractivity contribution in [2.75, 3.05) is 6.61 Å². The van der Waals surface area contributed by atoms with E-state index in [-0.39, 0.29) is 12.3 Å². The van der Waals surface area contributed by atoms with Crippen molar-refractivity contribution < 1.29 is 14.5 Å². The van der Waals surface area contributed by atoms with Gasteiger partial charge in [0.05, 0.1) is 11.5 Å². The Morgan fingerprint density at radius 3 is 2.40 bits per heavy atom. The molecule has 1 aromatic heterocycles. The second-order valence-electron chi connectivity index (χ2n) is 4.33. The van der Waals surface area contributed by atoms with Crippen LogP contribution in [-0.4, -0.2) is 27.3 Å². The molecule has 1 rings (SSSR count). The highest BCUT2D eigenvalue weighted by molar-refractivity contribution is 5.74. The van der Waals surface area contributed by atoms with E-state index in [2.05, 4.69) is 5.10 Å². The predicted octanol–water partition coefficient (Wildman–Crippen LogP) is 2.43. The molecule has 0 spiro atoms. The number of carbonyl (C=O) groups excluding carboxylic acids is 1. The standard InChI is InChI=1S/C13H21N3O4/c1-5-9-12(16(18)19)10(6-2)15(14-9)11(7-3)13(17)20-8-4/h11H,5-8H2,1-4H3. The molecular formula is C13H21N3O4. The van der Waals surface area contributed by atoms with E-state index in [4.69, 9.17) is 4.74 Å².